The fraction of sp³-hybridized carbons (Fsp3) is 0.188. The van der Waals surface area contributed by atoms with Gasteiger partial charge in [0.15, 0.2) is 0 Å². The van der Waals surface area contributed by atoms with Crippen molar-refractivity contribution in [3.63, 3.8) is 0 Å². The van der Waals surface area contributed by atoms with Gasteiger partial charge in [0, 0.05) is 0 Å². The van der Waals surface area contributed by atoms with Gasteiger partial charge in [-0.2, -0.15) is 0 Å². The van der Waals surface area contributed by atoms with Gasteiger partial charge in [-0.15, -0.1) is 0 Å². The zero-order chi connectivity index (χ0) is 16.3. The topological polar surface area (TPSA) is 78.9 Å². The molecule has 2 aromatic rings. The van der Waals surface area contributed by atoms with Crippen molar-refractivity contribution in [2.75, 3.05) is 21.3 Å². The van der Waals surface area contributed by atoms with Crippen LogP contribution in [0, 0.1) is 0 Å². The molecule has 0 saturated carbocycles. The van der Waals surface area contributed by atoms with Gasteiger partial charge in [0.2, 0.25) is 0 Å². The van der Waals surface area contributed by atoms with E-state index in [0.717, 1.165) is 0 Å². The maximum absolute atomic E-state index is 11.9. The molecule has 22 heavy (non-hydrogen) atoms. The van der Waals surface area contributed by atoms with Crippen LogP contribution >= 0.6 is 0 Å². The second-order valence-electron chi connectivity index (χ2n) is 4.43. The third kappa shape index (κ3) is 2.76. The highest BCUT2D eigenvalue weighted by Gasteiger charge is 2.20. The van der Waals surface area contributed by atoms with Crippen molar-refractivity contribution in [2.45, 2.75) is 0 Å². The van der Waals surface area contributed by atoms with E-state index in [1.807, 2.05) is 0 Å². The van der Waals surface area contributed by atoms with Crippen LogP contribution in [0.4, 0.5) is 0 Å². The molecule has 0 N–H and O–H groups in total. The van der Waals surface area contributed by atoms with Crippen molar-refractivity contribution in [3.05, 3.63) is 47.0 Å². The van der Waals surface area contributed by atoms with E-state index in [9.17, 15) is 14.4 Å². The van der Waals surface area contributed by atoms with E-state index in [4.69, 9.17) is 0 Å². The average Bonchev–Trinajstić information content (AvgIpc) is 2.57. The molecule has 0 fully saturated rings. The molecule has 0 bridgehead atoms. The van der Waals surface area contributed by atoms with E-state index in [1.54, 1.807) is 18.2 Å². The Morgan fingerprint density at radius 1 is 0.682 bits per heavy atom. The monoisotopic (exact) mass is 302 g/mol. The summed E-state index contributed by atoms with van der Waals surface area (Å²) in [4.78, 5) is 35.2. The molecule has 114 valence electrons. The fourth-order valence-electron chi connectivity index (χ4n) is 2.10. The minimum atomic E-state index is -0.661. The molecule has 0 atom stereocenters. The molecule has 2 aromatic carbocycles. The lowest BCUT2D eigenvalue weighted by Gasteiger charge is -2.09. The summed E-state index contributed by atoms with van der Waals surface area (Å²) in [6, 6.07) is 7.82. The van der Waals surface area contributed by atoms with Crippen LogP contribution in [0.1, 0.15) is 31.1 Å². The van der Waals surface area contributed by atoms with Gasteiger partial charge in [-0.25, -0.2) is 14.4 Å². The van der Waals surface area contributed by atoms with Crippen LogP contribution in [0.5, 0.6) is 0 Å². The molecular formula is C16H14O6. The number of rotatable bonds is 3. The lowest BCUT2D eigenvalue weighted by molar-refractivity contribution is 0.0555. The van der Waals surface area contributed by atoms with Gasteiger partial charge in [0.1, 0.15) is 0 Å². The van der Waals surface area contributed by atoms with Gasteiger partial charge in [-0.3, -0.25) is 0 Å². The van der Waals surface area contributed by atoms with Crippen molar-refractivity contribution < 1.29 is 28.6 Å². The summed E-state index contributed by atoms with van der Waals surface area (Å²) in [6.07, 6.45) is 0. The highest BCUT2D eigenvalue weighted by Crippen LogP contribution is 2.23. The van der Waals surface area contributed by atoms with Crippen LogP contribution in [0.15, 0.2) is 30.3 Å². The minimum absolute atomic E-state index is 0.0730. The summed E-state index contributed by atoms with van der Waals surface area (Å²) in [5, 5.41) is 1.29. The predicted octanol–water partition coefficient (Wildman–Crippen LogP) is 2.20. The summed E-state index contributed by atoms with van der Waals surface area (Å²) in [6.45, 7) is 0. The maximum Gasteiger partial charge on any atom is 0.338 e. The van der Waals surface area contributed by atoms with E-state index >= 15 is 0 Å². The molecule has 6 heteroatoms. The second kappa shape index (κ2) is 6.26. The Morgan fingerprint density at radius 2 is 1.18 bits per heavy atom. The van der Waals surface area contributed by atoms with Gasteiger partial charge < -0.3 is 14.2 Å². The normalized spacial score (nSPS) is 10.1. The van der Waals surface area contributed by atoms with E-state index in [1.165, 1.54) is 33.5 Å². The Hall–Kier alpha value is -2.89. The molecule has 0 spiro atoms. The van der Waals surface area contributed by atoms with Crippen molar-refractivity contribution in [2.24, 2.45) is 0 Å². The van der Waals surface area contributed by atoms with Gasteiger partial charge >= 0.3 is 17.9 Å². The molecule has 6 nitrogen and oxygen atoms in total. The Labute approximate surface area is 126 Å². The smallest absolute Gasteiger partial charge is 0.338 e. The first-order valence-corrected chi connectivity index (χ1v) is 6.34. The molecule has 2 rings (SSSR count). The Morgan fingerprint density at radius 3 is 1.68 bits per heavy atom. The molecule has 0 radical (unpaired) electrons. The largest absolute Gasteiger partial charge is 0.465 e. The molecular weight excluding hydrogens is 288 g/mol. The zero-order valence-electron chi connectivity index (χ0n) is 12.3. The van der Waals surface area contributed by atoms with Crippen LogP contribution in [0.25, 0.3) is 10.8 Å². The average molecular weight is 302 g/mol. The first-order chi connectivity index (χ1) is 10.5. The van der Waals surface area contributed by atoms with E-state index in [0.29, 0.717) is 16.3 Å². The van der Waals surface area contributed by atoms with Gasteiger partial charge in [0.25, 0.3) is 0 Å². The molecule has 0 amide bonds. The van der Waals surface area contributed by atoms with Gasteiger partial charge in [0.05, 0.1) is 38.0 Å². The molecule has 0 aliphatic carbocycles. The van der Waals surface area contributed by atoms with E-state index in [2.05, 4.69) is 14.2 Å². The molecule has 0 aliphatic heterocycles. The van der Waals surface area contributed by atoms with Crippen molar-refractivity contribution in [3.8, 4) is 0 Å². The quantitative estimate of drug-likeness (QED) is 0.639. The first kappa shape index (κ1) is 15.5. The van der Waals surface area contributed by atoms with Gasteiger partial charge in [-0.1, -0.05) is 6.07 Å². The summed E-state index contributed by atoms with van der Waals surface area (Å²) < 4.78 is 14.0. The standard InChI is InChI=1S/C16H14O6/c1-20-14(17)10-5-4-9-7-12(15(18)21-2)13(16(19)22-3)8-11(9)6-10/h4-8H,1-3H3. The summed E-state index contributed by atoms with van der Waals surface area (Å²) in [5.74, 6) is -1.79. The molecule has 0 saturated heterocycles. The van der Waals surface area contributed by atoms with Crippen LogP contribution in [0.3, 0.4) is 0 Å². The van der Waals surface area contributed by atoms with Crippen LogP contribution in [-0.2, 0) is 14.2 Å². The summed E-state index contributed by atoms with van der Waals surface area (Å²) >= 11 is 0. The maximum atomic E-state index is 11.9. The molecule has 0 heterocycles. The molecule has 0 aromatic heterocycles. The van der Waals surface area contributed by atoms with Gasteiger partial charge in [-0.05, 0) is 35.0 Å². The van der Waals surface area contributed by atoms with Crippen LogP contribution < -0.4 is 0 Å². The number of ether oxygens (including phenoxy) is 3. The highest BCUT2D eigenvalue weighted by atomic mass is 16.5. The Balaban J connectivity index is 2.69. The number of fused-ring (bicyclic) bond motifs is 1. The SMILES string of the molecule is COC(=O)c1ccc2cc(C(=O)OC)c(C(=O)OC)cc2c1. The molecule has 0 aliphatic rings. The number of benzene rings is 2. The molecule has 0 unspecified atom stereocenters. The van der Waals surface area contributed by atoms with E-state index in [-0.39, 0.29) is 11.1 Å². The fourth-order valence-corrected chi connectivity index (χ4v) is 2.10. The minimum Gasteiger partial charge on any atom is -0.465 e. The number of carbonyl (C=O) groups is 3. The third-order valence-corrected chi connectivity index (χ3v) is 3.21. The number of carbonyl (C=O) groups excluding carboxylic acids is 3. The lowest BCUT2D eigenvalue weighted by atomic mass is 9.99. The van der Waals surface area contributed by atoms with Crippen molar-refractivity contribution in [1.29, 1.82) is 0 Å². The lowest BCUT2D eigenvalue weighted by Crippen LogP contribution is -2.12. The van der Waals surface area contributed by atoms with Crippen LogP contribution in [-0.4, -0.2) is 39.2 Å². The highest BCUT2D eigenvalue weighted by molar-refractivity contribution is 6.08. The summed E-state index contributed by atoms with van der Waals surface area (Å²) in [5.41, 5.74) is 0.521. The number of esters is 3. The zero-order valence-corrected chi connectivity index (χ0v) is 12.3. The second-order valence-corrected chi connectivity index (χ2v) is 4.43. The predicted molar refractivity (Wildman–Crippen MR) is 78.0 cm³/mol. The Bertz CT molecular complexity index is 763. The third-order valence-electron chi connectivity index (χ3n) is 3.21. The number of hydrogen-bond donors (Lipinski definition) is 0. The van der Waals surface area contributed by atoms with Crippen molar-refractivity contribution in [1.82, 2.24) is 0 Å². The first-order valence-electron chi connectivity index (χ1n) is 6.34. The van der Waals surface area contributed by atoms with E-state index < -0.39 is 17.9 Å². The number of methoxy groups -OCH3 is 3. The Kier molecular flexibility index (Phi) is 4.41. The summed E-state index contributed by atoms with van der Waals surface area (Å²) in [7, 11) is 3.74. The van der Waals surface area contributed by atoms with Crippen LogP contribution in [0.2, 0.25) is 0 Å². The van der Waals surface area contributed by atoms with Crippen molar-refractivity contribution >= 4 is 28.7 Å². The number of hydrogen-bond acceptors (Lipinski definition) is 6.